The maximum Gasteiger partial charge on any atom is 0.252 e. The Bertz CT molecular complexity index is 5490. The van der Waals surface area contributed by atoms with Gasteiger partial charge in [-0.05, 0) is 152 Å². The maximum absolute atomic E-state index is 2.81. The molecular formula is C76H47BN4. The van der Waals surface area contributed by atoms with Gasteiger partial charge in [-0.2, -0.15) is 0 Å². The Morgan fingerprint density at radius 1 is 0.321 bits per heavy atom. The molecule has 0 saturated carbocycles. The lowest BCUT2D eigenvalue weighted by molar-refractivity contribution is 0.855. The number of hydrogen-bond acceptors (Lipinski definition) is 0. The molecule has 0 unspecified atom stereocenters. The van der Waals surface area contributed by atoms with Crippen LogP contribution in [0.5, 0.6) is 0 Å². The minimum Gasteiger partial charge on any atom is -0.314 e. The number of nitrogens with zero attached hydrogens (tertiary/aromatic N) is 4. The van der Waals surface area contributed by atoms with Crippen molar-refractivity contribution in [2.24, 2.45) is 0 Å². The van der Waals surface area contributed by atoms with Gasteiger partial charge in [0, 0.05) is 77.2 Å². The van der Waals surface area contributed by atoms with E-state index >= 15 is 0 Å². The molecule has 5 heteroatoms. The standard InChI is InChI=1S/C76H47BN4/c1-2-16-44(17-3-1)47-32-34-63-57(40-47)58-43-50(78-61-28-14-12-26-55(61)56-27-13-15-29-62(56)78)33-37-64(58)79(63)68-39-38-67-73-76(68)81-66-36-31-46-19-5-9-23-52(46)70(66)72-54-25-11-7-21-49(54)42-60(75(72)81)77(73)59-41-48-20-6-10-24-53(48)71-69-51-22-8-4-18-45(51)30-35-65(69)80(67)74(59)71/h1-29,32-34,37-43H,30-31,35-36H2. The summed E-state index contributed by atoms with van der Waals surface area (Å²) >= 11 is 0. The van der Waals surface area contributed by atoms with E-state index in [-0.39, 0.29) is 6.71 Å². The first kappa shape index (κ1) is 42.9. The lowest BCUT2D eigenvalue weighted by Crippen LogP contribution is -2.60. The third-order valence-corrected chi connectivity index (χ3v) is 19.5. The van der Waals surface area contributed by atoms with Crippen LogP contribution in [-0.2, 0) is 25.7 Å². The molecule has 0 amide bonds. The monoisotopic (exact) mass is 1030 g/mol. The van der Waals surface area contributed by atoms with Crippen molar-refractivity contribution in [3.05, 3.63) is 259 Å². The number of aryl methyl sites for hydroxylation is 2. The van der Waals surface area contributed by atoms with Crippen LogP contribution in [0.3, 0.4) is 0 Å². The van der Waals surface area contributed by atoms with Crippen molar-refractivity contribution in [3.63, 3.8) is 0 Å². The van der Waals surface area contributed by atoms with Crippen molar-refractivity contribution >= 4 is 110 Å². The molecule has 12 aromatic carbocycles. The van der Waals surface area contributed by atoms with Gasteiger partial charge in [-0.1, -0.05) is 182 Å². The zero-order valence-electron chi connectivity index (χ0n) is 44.2. The predicted molar refractivity (Wildman–Crippen MR) is 340 cm³/mol. The van der Waals surface area contributed by atoms with Crippen molar-refractivity contribution in [2.45, 2.75) is 25.7 Å². The molecule has 0 N–H and O–H groups in total. The number of fused-ring (bicyclic) bond motifs is 24. The zero-order chi connectivity index (χ0) is 52.3. The van der Waals surface area contributed by atoms with Crippen LogP contribution in [0.15, 0.2) is 237 Å². The van der Waals surface area contributed by atoms with Crippen molar-refractivity contribution in [3.8, 4) is 56.1 Å². The summed E-state index contributed by atoms with van der Waals surface area (Å²) in [5, 5.41) is 13.0. The van der Waals surface area contributed by atoms with Crippen LogP contribution in [-0.4, -0.2) is 25.0 Å². The third-order valence-electron chi connectivity index (χ3n) is 19.5. The molecule has 4 aliphatic rings. The fourth-order valence-electron chi connectivity index (χ4n) is 16.3. The third kappa shape index (κ3) is 5.37. The highest BCUT2D eigenvalue weighted by atomic mass is 15.1. The summed E-state index contributed by atoms with van der Waals surface area (Å²) in [6.45, 7) is -0.0490. The largest absolute Gasteiger partial charge is 0.314 e. The van der Waals surface area contributed by atoms with Crippen molar-refractivity contribution in [1.29, 1.82) is 0 Å². The molecule has 2 aliphatic heterocycles. The number of hydrogen-bond donors (Lipinski definition) is 0. The molecule has 81 heavy (non-hydrogen) atoms. The second kappa shape index (κ2) is 15.4. The quantitative estimate of drug-likeness (QED) is 0.157. The minimum absolute atomic E-state index is 0.0490. The van der Waals surface area contributed by atoms with Crippen LogP contribution in [0.2, 0.25) is 0 Å². The first-order valence-corrected chi connectivity index (χ1v) is 28.9. The molecule has 0 bridgehead atoms. The molecule has 4 aromatic heterocycles. The highest BCUT2D eigenvalue weighted by molar-refractivity contribution is 7.00. The Balaban J connectivity index is 0.970. The molecule has 0 atom stereocenters. The van der Waals surface area contributed by atoms with Crippen LogP contribution in [0, 0.1) is 0 Å². The molecule has 2 aliphatic carbocycles. The predicted octanol–water partition coefficient (Wildman–Crippen LogP) is 16.4. The number of rotatable bonds is 3. The Labute approximate surface area is 466 Å². The highest BCUT2D eigenvalue weighted by Crippen LogP contribution is 2.51. The van der Waals surface area contributed by atoms with Gasteiger partial charge in [0.15, 0.2) is 0 Å². The average Bonchev–Trinajstić information content (AvgIpc) is 4.07. The molecular weight excluding hydrogens is 980 g/mol. The summed E-state index contributed by atoms with van der Waals surface area (Å²) in [4.78, 5) is 0. The van der Waals surface area contributed by atoms with E-state index in [0.717, 1.165) is 31.4 Å². The molecule has 374 valence electrons. The van der Waals surface area contributed by atoms with Crippen molar-refractivity contribution in [2.75, 3.05) is 0 Å². The van der Waals surface area contributed by atoms with Crippen LogP contribution < -0.4 is 16.4 Å². The Kier molecular flexibility index (Phi) is 8.14. The summed E-state index contributed by atoms with van der Waals surface area (Å²) in [7, 11) is 0. The van der Waals surface area contributed by atoms with E-state index in [9.17, 15) is 0 Å². The zero-order valence-corrected chi connectivity index (χ0v) is 44.2. The second-order valence-corrected chi connectivity index (χ2v) is 23.3. The number of benzene rings is 12. The van der Waals surface area contributed by atoms with Gasteiger partial charge in [0.25, 0.3) is 6.71 Å². The second-order valence-electron chi connectivity index (χ2n) is 23.3. The molecule has 20 rings (SSSR count). The van der Waals surface area contributed by atoms with Gasteiger partial charge in [0.2, 0.25) is 0 Å². The van der Waals surface area contributed by atoms with Gasteiger partial charge in [-0.25, -0.2) is 0 Å². The summed E-state index contributed by atoms with van der Waals surface area (Å²) < 4.78 is 10.7. The van der Waals surface area contributed by atoms with Gasteiger partial charge >= 0.3 is 0 Å². The van der Waals surface area contributed by atoms with Gasteiger partial charge < -0.3 is 18.3 Å². The maximum atomic E-state index is 2.81. The van der Waals surface area contributed by atoms with E-state index in [2.05, 4.69) is 255 Å². The van der Waals surface area contributed by atoms with E-state index in [4.69, 9.17) is 0 Å². The first-order chi connectivity index (χ1) is 40.2. The van der Waals surface area contributed by atoms with Crippen LogP contribution in [0.25, 0.3) is 143 Å². The molecule has 0 radical (unpaired) electrons. The molecule has 0 spiro atoms. The number of para-hydroxylation sites is 2. The van der Waals surface area contributed by atoms with Gasteiger partial charge in [-0.15, -0.1) is 0 Å². The van der Waals surface area contributed by atoms with Crippen LogP contribution in [0.1, 0.15) is 22.5 Å². The SMILES string of the molecule is c1ccc(-c2ccc3c(c2)c2cc(-n4c5ccccc5c5ccccc54)ccc2n3-c2ccc3c4c2-n2c5c(c6c7ccccc7cc(c62)B4c2cc4ccccc4c4c6c(n-3c24)CCc2ccccc2-6)-c2ccccc2CC5)cc1. The first-order valence-electron chi connectivity index (χ1n) is 28.9. The topological polar surface area (TPSA) is 19.7 Å². The van der Waals surface area contributed by atoms with Gasteiger partial charge in [0.1, 0.15) is 0 Å². The Morgan fingerprint density at radius 3 is 1.48 bits per heavy atom. The van der Waals surface area contributed by atoms with Crippen molar-refractivity contribution < 1.29 is 0 Å². The normalized spacial score (nSPS) is 13.7. The highest BCUT2D eigenvalue weighted by Gasteiger charge is 2.45. The van der Waals surface area contributed by atoms with E-state index in [1.807, 2.05) is 0 Å². The lowest BCUT2D eigenvalue weighted by atomic mass is 9.34. The molecule has 0 fully saturated rings. The molecule has 4 nitrogen and oxygen atoms in total. The lowest BCUT2D eigenvalue weighted by Gasteiger charge is -2.36. The van der Waals surface area contributed by atoms with E-state index in [1.165, 1.54) is 176 Å². The smallest absolute Gasteiger partial charge is 0.252 e. The van der Waals surface area contributed by atoms with E-state index in [1.54, 1.807) is 0 Å². The van der Waals surface area contributed by atoms with E-state index in [0.29, 0.717) is 0 Å². The van der Waals surface area contributed by atoms with Crippen LogP contribution >= 0.6 is 0 Å². The summed E-state index contributed by atoms with van der Waals surface area (Å²) in [6.07, 6.45) is 3.92. The minimum atomic E-state index is -0.0490. The summed E-state index contributed by atoms with van der Waals surface area (Å²) in [5.74, 6) is 0. The molecule has 0 saturated heterocycles. The fourth-order valence-corrected chi connectivity index (χ4v) is 16.3. The Hall–Kier alpha value is -10.1. The molecule has 16 aromatic rings. The molecule has 6 heterocycles. The van der Waals surface area contributed by atoms with Gasteiger partial charge in [-0.3, -0.25) is 0 Å². The van der Waals surface area contributed by atoms with E-state index < -0.39 is 0 Å². The number of aromatic nitrogens is 4. The average molecular weight is 1030 g/mol. The van der Waals surface area contributed by atoms with Crippen molar-refractivity contribution in [1.82, 2.24) is 18.3 Å². The summed E-state index contributed by atoms with van der Waals surface area (Å²) in [5.41, 5.74) is 30.4. The van der Waals surface area contributed by atoms with Crippen LogP contribution in [0.4, 0.5) is 0 Å². The van der Waals surface area contributed by atoms with Gasteiger partial charge in [0.05, 0.1) is 33.4 Å². The summed E-state index contributed by atoms with van der Waals surface area (Å²) in [6, 6.07) is 90.4. The Morgan fingerprint density at radius 2 is 0.827 bits per heavy atom. The fraction of sp³-hybridized carbons (Fsp3) is 0.0526.